The van der Waals surface area contributed by atoms with Gasteiger partial charge in [-0.25, -0.2) is 0 Å². The Bertz CT molecular complexity index is 417. The molecule has 1 aromatic carbocycles. The Morgan fingerprint density at radius 2 is 2.00 bits per heavy atom. The molecule has 1 rings (SSSR count). The highest BCUT2D eigenvalue weighted by atomic mass is 32.1. The van der Waals surface area contributed by atoms with Crippen molar-refractivity contribution < 1.29 is 9.90 Å². The molecule has 1 atom stereocenters. The average Bonchev–Trinajstić information content (AvgIpc) is 2.19. The van der Waals surface area contributed by atoms with Crippen molar-refractivity contribution in [3.63, 3.8) is 0 Å². The average molecular weight is 252 g/mol. The van der Waals surface area contributed by atoms with Gasteiger partial charge in [0.25, 0.3) is 0 Å². The summed E-state index contributed by atoms with van der Waals surface area (Å²) in [5, 5.41) is 8.78. The van der Waals surface area contributed by atoms with Gasteiger partial charge in [0.15, 0.2) is 0 Å². The Labute approximate surface area is 106 Å². The van der Waals surface area contributed by atoms with Gasteiger partial charge in [0, 0.05) is 0 Å². The number of carbonyl (C=O) groups is 1. The van der Waals surface area contributed by atoms with E-state index in [-0.39, 0.29) is 17.6 Å². The van der Waals surface area contributed by atoms with Crippen LogP contribution in [0.15, 0.2) is 24.3 Å². The van der Waals surface area contributed by atoms with Gasteiger partial charge in [-0.15, -0.1) is 0 Å². The van der Waals surface area contributed by atoms with Crippen LogP contribution in [0.1, 0.15) is 17.2 Å². The summed E-state index contributed by atoms with van der Waals surface area (Å²) in [6.45, 7) is 1.89. The van der Waals surface area contributed by atoms with Gasteiger partial charge in [-0.3, -0.25) is 9.69 Å². The molecule has 1 aromatic rings. The lowest BCUT2D eigenvalue weighted by atomic mass is 10.0. The van der Waals surface area contributed by atoms with Crippen LogP contribution in [0.2, 0.25) is 0 Å². The Kier molecular flexibility index (Phi) is 4.60. The molecule has 1 unspecified atom stereocenters. The van der Waals surface area contributed by atoms with Crippen LogP contribution in [-0.4, -0.2) is 34.6 Å². The number of aryl methyl sites for hydroxylation is 1. The van der Waals surface area contributed by atoms with E-state index in [1.54, 1.807) is 11.9 Å². The summed E-state index contributed by atoms with van der Waals surface area (Å²) in [4.78, 5) is 12.6. The zero-order valence-corrected chi connectivity index (χ0v) is 10.7. The Morgan fingerprint density at radius 3 is 2.41 bits per heavy atom. The normalized spacial score (nSPS) is 12.4. The molecule has 17 heavy (non-hydrogen) atoms. The smallest absolute Gasteiger partial charge is 0.317 e. The first kappa shape index (κ1) is 13.6. The number of likely N-dealkylation sites (N-methyl/N-ethyl adjacent to an activating group) is 1. The van der Waals surface area contributed by atoms with E-state index < -0.39 is 5.97 Å². The summed E-state index contributed by atoms with van der Waals surface area (Å²) >= 11 is 5.00. The lowest BCUT2D eigenvalue weighted by Gasteiger charge is -2.26. The van der Waals surface area contributed by atoms with Gasteiger partial charge in [0.1, 0.15) is 0 Å². The summed E-state index contributed by atoms with van der Waals surface area (Å²) in [6, 6.07) is 7.39. The third-order valence-corrected chi connectivity index (χ3v) is 2.71. The third kappa shape index (κ3) is 3.80. The first-order chi connectivity index (χ1) is 7.91. The van der Waals surface area contributed by atoms with Crippen LogP contribution in [0, 0.1) is 6.92 Å². The second-order valence-electron chi connectivity index (χ2n) is 4.02. The minimum absolute atomic E-state index is 0.101. The van der Waals surface area contributed by atoms with Crippen LogP contribution in [-0.2, 0) is 4.79 Å². The highest BCUT2D eigenvalue weighted by molar-refractivity contribution is 7.80. The van der Waals surface area contributed by atoms with Crippen LogP contribution in [0.25, 0.3) is 0 Å². The molecule has 0 spiro atoms. The molecule has 0 fully saturated rings. The van der Waals surface area contributed by atoms with Crippen LogP contribution in [0.3, 0.4) is 0 Å². The number of benzene rings is 1. The summed E-state index contributed by atoms with van der Waals surface area (Å²) in [5.41, 5.74) is 7.72. The van der Waals surface area contributed by atoms with Crippen molar-refractivity contribution >= 4 is 23.2 Å². The second-order valence-corrected chi connectivity index (χ2v) is 4.50. The van der Waals surface area contributed by atoms with E-state index in [0.717, 1.165) is 11.1 Å². The van der Waals surface area contributed by atoms with E-state index in [1.807, 2.05) is 31.2 Å². The summed E-state index contributed by atoms with van der Waals surface area (Å²) < 4.78 is 0. The number of hydrogen-bond acceptors (Lipinski definition) is 3. The molecule has 5 heteroatoms. The van der Waals surface area contributed by atoms with Crippen molar-refractivity contribution in [3.05, 3.63) is 35.4 Å². The number of thiocarbonyl (C=S) groups is 1. The van der Waals surface area contributed by atoms with Crippen LogP contribution < -0.4 is 5.73 Å². The van der Waals surface area contributed by atoms with Gasteiger partial charge >= 0.3 is 5.97 Å². The molecule has 0 aliphatic rings. The van der Waals surface area contributed by atoms with Crippen LogP contribution in [0.5, 0.6) is 0 Å². The topological polar surface area (TPSA) is 66.6 Å². The number of carboxylic acid groups (broad SMARTS) is 1. The summed E-state index contributed by atoms with van der Waals surface area (Å²) in [5.74, 6) is -0.902. The molecular weight excluding hydrogens is 236 g/mol. The van der Waals surface area contributed by atoms with Gasteiger partial charge < -0.3 is 10.8 Å². The molecule has 0 bridgehead atoms. The molecular formula is C12H16N2O2S. The largest absolute Gasteiger partial charge is 0.480 e. The zero-order chi connectivity index (χ0) is 13.0. The molecule has 4 nitrogen and oxygen atoms in total. The SMILES string of the molecule is Cc1ccc(C(C(N)=S)N(C)CC(=O)O)cc1. The first-order valence-corrected chi connectivity index (χ1v) is 5.60. The van der Waals surface area contributed by atoms with E-state index in [1.165, 1.54) is 0 Å². The Hall–Kier alpha value is -1.46. The zero-order valence-electron chi connectivity index (χ0n) is 9.88. The standard InChI is InChI=1S/C12H16N2O2S/c1-8-3-5-9(6-4-8)11(12(13)17)14(2)7-10(15)16/h3-6,11H,7H2,1-2H3,(H2,13,17)(H,15,16). The third-order valence-electron chi connectivity index (χ3n) is 2.49. The number of hydrogen-bond donors (Lipinski definition) is 2. The van der Waals surface area contributed by atoms with Crippen LogP contribution in [0.4, 0.5) is 0 Å². The Morgan fingerprint density at radius 1 is 1.47 bits per heavy atom. The maximum absolute atomic E-state index is 10.7. The highest BCUT2D eigenvalue weighted by Gasteiger charge is 2.21. The molecule has 0 amide bonds. The predicted octanol–water partition coefficient (Wildman–Crippen LogP) is 1.34. The fraction of sp³-hybridized carbons (Fsp3) is 0.333. The van der Waals surface area contributed by atoms with Gasteiger partial charge in [-0.05, 0) is 19.5 Å². The predicted molar refractivity (Wildman–Crippen MR) is 71.0 cm³/mol. The second kappa shape index (κ2) is 5.75. The van der Waals surface area contributed by atoms with Crippen molar-refractivity contribution in [1.29, 1.82) is 0 Å². The summed E-state index contributed by atoms with van der Waals surface area (Å²) in [6.07, 6.45) is 0. The molecule has 0 aliphatic carbocycles. The van der Waals surface area contributed by atoms with E-state index in [2.05, 4.69) is 0 Å². The van der Waals surface area contributed by atoms with E-state index in [0.29, 0.717) is 0 Å². The molecule has 0 aliphatic heterocycles. The fourth-order valence-electron chi connectivity index (χ4n) is 1.69. The van der Waals surface area contributed by atoms with Crippen LogP contribution >= 0.6 is 12.2 Å². The maximum atomic E-state index is 10.7. The molecule has 3 N–H and O–H groups in total. The molecule has 0 heterocycles. The molecule has 0 saturated carbocycles. The highest BCUT2D eigenvalue weighted by Crippen LogP contribution is 2.20. The lowest BCUT2D eigenvalue weighted by molar-refractivity contribution is -0.138. The van der Waals surface area contributed by atoms with Gasteiger partial charge in [-0.2, -0.15) is 0 Å². The van der Waals surface area contributed by atoms with Gasteiger partial charge in [0.2, 0.25) is 0 Å². The van der Waals surface area contributed by atoms with Crippen molar-refractivity contribution in [2.24, 2.45) is 5.73 Å². The molecule has 0 aromatic heterocycles. The number of rotatable bonds is 5. The van der Waals surface area contributed by atoms with Gasteiger partial charge in [0.05, 0.1) is 17.6 Å². The molecule has 0 saturated heterocycles. The quantitative estimate of drug-likeness (QED) is 0.774. The molecule has 92 valence electrons. The van der Waals surface area contributed by atoms with Crippen molar-refractivity contribution in [3.8, 4) is 0 Å². The van der Waals surface area contributed by atoms with Crippen molar-refractivity contribution in [1.82, 2.24) is 4.90 Å². The minimum atomic E-state index is -0.902. The fourth-order valence-corrected chi connectivity index (χ4v) is 2.01. The van der Waals surface area contributed by atoms with Crippen molar-refractivity contribution in [2.75, 3.05) is 13.6 Å². The monoisotopic (exact) mass is 252 g/mol. The number of nitrogens with zero attached hydrogens (tertiary/aromatic N) is 1. The minimum Gasteiger partial charge on any atom is -0.480 e. The van der Waals surface area contributed by atoms with E-state index in [9.17, 15) is 4.79 Å². The molecule has 0 radical (unpaired) electrons. The first-order valence-electron chi connectivity index (χ1n) is 5.19. The maximum Gasteiger partial charge on any atom is 0.317 e. The summed E-state index contributed by atoms with van der Waals surface area (Å²) in [7, 11) is 1.69. The van der Waals surface area contributed by atoms with Gasteiger partial charge in [-0.1, -0.05) is 42.0 Å². The van der Waals surface area contributed by atoms with E-state index >= 15 is 0 Å². The number of carboxylic acids is 1. The van der Waals surface area contributed by atoms with E-state index in [4.69, 9.17) is 23.1 Å². The lowest BCUT2D eigenvalue weighted by Crippen LogP contribution is -2.37. The Balaban J connectivity index is 2.96. The van der Waals surface area contributed by atoms with Crippen molar-refractivity contribution in [2.45, 2.75) is 13.0 Å². The number of nitrogens with two attached hydrogens (primary N) is 1. The number of aliphatic carboxylic acids is 1.